The fourth-order valence-electron chi connectivity index (χ4n) is 3.53. The van der Waals surface area contributed by atoms with Crippen molar-refractivity contribution in [2.45, 2.75) is 44.9 Å². The van der Waals surface area contributed by atoms with Crippen molar-refractivity contribution in [3.8, 4) is 0 Å². The minimum atomic E-state index is -1.25. The van der Waals surface area contributed by atoms with Gasteiger partial charge in [-0.3, -0.25) is 4.57 Å². The summed E-state index contributed by atoms with van der Waals surface area (Å²) in [6.45, 7) is 4.19. The van der Waals surface area contributed by atoms with Gasteiger partial charge in [0.1, 0.15) is 18.3 Å². The van der Waals surface area contributed by atoms with E-state index in [4.69, 9.17) is 16.3 Å². The number of fused-ring (bicyclic) bond motifs is 1. The Bertz CT molecular complexity index is 1040. The molecule has 154 valence electrons. The van der Waals surface area contributed by atoms with Crippen molar-refractivity contribution in [2.75, 3.05) is 11.9 Å². The summed E-state index contributed by atoms with van der Waals surface area (Å²) in [5, 5.41) is 32.9. The summed E-state index contributed by atoms with van der Waals surface area (Å²) < 4.78 is 7.05. The average Bonchev–Trinajstić information content (AvgIpc) is 3.22. The van der Waals surface area contributed by atoms with Crippen LogP contribution in [0.5, 0.6) is 0 Å². The van der Waals surface area contributed by atoms with Crippen LogP contribution in [0, 0.1) is 13.8 Å². The molecule has 0 unspecified atom stereocenters. The number of anilines is 1. The number of aliphatic hydroxyl groups excluding tert-OH is 3. The van der Waals surface area contributed by atoms with Crippen LogP contribution < -0.4 is 5.32 Å². The molecule has 9 nitrogen and oxygen atoms in total. The average molecular weight is 420 g/mol. The fourth-order valence-corrected chi connectivity index (χ4v) is 3.70. The predicted octanol–water partition coefficient (Wildman–Crippen LogP) is 1.32. The van der Waals surface area contributed by atoms with Crippen LogP contribution in [0.2, 0.25) is 5.28 Å². The van der Waals surface area contributed by atoms with Gasteiger partial charge in [-0.15, -0.1) is 0 Å². The van der Waals surface area contributed by atoms with Crippen LogP contribution in [0.15, 0.2) is 24.5 Å². The molecular formula is C19H22ClN5O4. The number of aryl methyl sites for hydroxylation is 2. The maximum atomic E-state index is 10.3. The first-order valence-electron chi connectivity index (χ1n) is 9.21. The Morgan fingerprint density at radius 3 is 2.69 bits per heavy atom. The van der Waals surface area contributed by atoms with E-state index < -0.39 is 31.1 Å². The smallest absolute Gasteiger partial charge is 0.226 e. The third-order valence-electron chi connectivity index (χ3n) is 5.13. The zero-order chi connectivity index (χ0) is 20.7. The Balaban J connectivity index is 1.65. The molecule has 1 fully saturated rings. The Labute approximate surface area is 172 Å². The maximum Gasteiger partial charge on any atom is 0.226 e. The molecule has 29 heavy (non-hydrogen) atoms. The molecule has 4 N–H and O–H groups in total. The number of benzene rings is 1. The van der Waals surface area contributed by atoms with Gasteiger partial charge in [-0.1, -0.05) is 23.8 Å². The van der Waals surface area contributed by atoms with Gasteiger partial charge in [-0.25, -0.2) is 4.98 Å². The lowest BCUT2D eigenvalue weighted by Crippen LogP contribution is -2.33. The molecule has 10 heteroatoms. The van der Waals surface area contributed by atoms with Gasteiger partial charge in [0, 0.05) is 6.54 Å². The molecule has 0 bridgehead atoms. The monoisotopic (exact) mass is 419 g/mol. The molecule has 0 saturated carbocycles. The minimum absolute atomic E-state index is 0.00845. The first-order chi connectivity index (χ1) is 13.9. The van der Waals surface area contributed by atoms with Crippen molar-refractivity contribution in [3.05, 3.63) is 46.5 Å². The Hall–Kier alpha value is -2.30. The molecule has 0 spiro atoms. The van der Waals surface area contributed by atoms with E-state index in [9.17, 15) is 15.3 Å². The summed E-state index contributed by atoms with van der Waals surface area (Å²) in [6.07, 6.45) is -2.87. The summed E-state index contributed by atoms with van der Waals surface area (Å²) in [6, 6.07) is 6.20. The highest BCUT2D eigenvalue weighted by Crippen LogP contribution is 2.32. The number of imidazole rings is 1. The van der Waals surface area contributed by atoms with Gasteiger partial charge in [0.25, 0.3) is 0 Å². The second-order valence-corrected chi connectivity index (χ2v) is 7.52. The van der Waals surface area contributed by atoms with E-state index in [-0.39, 0.29) is 5.28 Å². The standard InChI is InChI=1S/C19H22ClN5O4/c1-9-3-4-11(10(2)5-9)6-21-16-13-17(24-19(20)23-16)25(8-22-13)18-15(28)14(27)12(7-26)29-18/h3-5,8,12,14-15,18,26-28H,6-7H2,1-2H3,(H,21,23,24)/t12-,14-,15-,18-/m1/s1. The minimum Gasteiger partial charge on any atom is -0.394 e. The lowest BCUT2D eigenvalue weighted by molar-refractivity contribution is -0.0511. The third-order valence-corrected chi connectivity index (χ3v) is 5.30. The molecule has 4 atom stereocenters. The van der Waals surface area contributed by atoms with Crippen molar-refractivity contribution in [2.24, 2.45) is 0 Å². The molecule has 0 radical (unpaired) electrons. The fraction of sp³-hybridized carbons (Fsp3) is 0.421. The molecule has 0 amide bonds. The van der Waals surface area contributed by atoms with Crippen molar-refractivity contribution < 1.29 is 20.1 Å². The number of aliphatic hydroxyl groups is 3. The number of nitrogens with zero attached hydrogens (tertiary/aromatic N) is 4. The number of aromatic nitrogens is 4. The van der Waals surface area contributed by atoms with E-state index in [1.54, 1.807) is 0 Å². The van der Waals surface area contributed by atoms with Gasteiger partial charge in [-0.05, 0) is 36.6 Å². The van der Waals surface area contributed by atoms with Gasteiger partial charge in [-0.2, -0.15) is 9.97 Å². The van der Waals surface area contributed by atoms with E-state index in [1.807, 2.05) is 19.9 Å². The summed E-state index contributed by atoms with van der Waals surface area (Å²) in [4.78, 5) is 12.8. The van der Waals surface area contributed by atoms with Crippen molar-refractivity contribution in [1.29, 1.82) is 0 Å². The molecular weight excluding hydrogens is 398 g/mol. The third kappa shape index (κ3) is 3.67. The largest absolute Gasteiger partial charge is 0.394 e. The number of rotatable bonds is 5. The molecule has 1 aromatic carbocycles. The Kier molecular flexibility index (Phi) is 5.41. The van der Waals surface area contributed by atoms with E-state index in [0.717, 1.165) is 11.1 Å². The second kappa shape index (κ2) is 7.85. The lowest BCUT2D eigenvalue weighted by Gasteiger charge is -2.16. The zero-order valence-electron chi connectivity index (χ0n) is 15.9. The van der Waals surface area contributed by atoms with Crippen LogP contribution in [0.4, 0.5) is 5.82 Å². The zero-order valence-corrected chi connectivity index (χ0v) is 16.7. The summed E-state index contributed by atoms with van der Waals surface area (Å²) in [5.74, 6) is 0.450. The van der Waals surface area contributed by atoms with Gasteiger partial charge in [0.2, 0.25) is 5.28 Å². The second-order valence-electron chi connectivity index (χ2n) is 7.18. The summed E-state index contributed by atoms with van der Waals surface area (Å²) in [5.41, 5.74) is 4.27. The first kappa shape index (κ1) is 20.0. The van der Waals surface area contributed by atoms with Gasteiger partial charge in [0.15, 0.2) is 23.2 Å². The van der Waals surface area contributed by atoms with Crippen LogP contribution in [-0.4, -0.2) is 59.8 Å². The summed E-state index contributed by atoms with van der Waals surface area (Å²) in [7, 11) is 0. The van der Waals surface area contributed by atoms with Crippen LogP contribution in [0.25, 0.3) is 11.2 Å². The molecule has 2 aromatic heterocycles. The normalized spacial score (nSPS) is 24.3. The number of nitrogens with one attached hydrogen (secondary N) is 1. The maximum absolute atomic E-state index is 10.3. The molecule has 1 saturated heterocycles. The highest BCUT2D eigenvalue weighted by Gasteiger charge is 2.44. The van der Waals surface area contributed by atoms with Crippen LogP contribution >= 0.6 is 11.6 Å². The Morgan fingerprint density at radius 1 is 1.21 bits per heavy atom. The number of ether oxygens (including phenoxy) is 1. The van der Waals surface area contributed by atoms with Crippen LogP contribution in [0.1, 0.15) is 22.9 Å². The quantitative estimate of drug-likeness (QED) is 0.456. The molecule has 4 rings (SSSR count). The summed E-state index contributed by atoms with van der Waals surface area (Å²) >= 11 is 6.12. The van der Waals surface area contributed by atoms with E-state index in [2.05, 4.69) is 32.4 Å². The molecule has 1 aliphatic rings. The first-order valence-corrected chi connectivity index (χ1v) is 9.59. The van der Waals surface area contributed by atoms with Gasteiger partial charge < -0.3 is 25.4 Å². The number of hydrogen-bond donors (Lipinski definition) is 4. The van der Waals surface area contributed by atoms with Crippen molar-refractivity contribution in [1.82, 2.24) is 19.5 Å². The molecule has 0 aliphatic carbocycles. The SMILES string of the molecule is Cc1ccc(CNc2nc(Cl)nc3c2ncn3[C@@H]2O[C@H](CO)[C@@H](O)[C@H]2O)c(C)c1. The molecule has 1 aliphatic heterocycles. The van der Waals surface area contributed by atoms with Gasteiger partial charge in [0.05, 0.1) is 12.9 Å². The Morgan fingerprint density at radius 2 is 2.00 bits per heavy atom. The van der Waals surface area contributed by atoms with E-state index >= 15 is 0 Å². The predicted molar refractivity (Wildman–Crippen MR) is 107 cm³/mol. The van der Waals surface area contributed by atoms with Crippen molar-refractivity contribution >= 4 is 28.6 Å². The van der Waals surface area contributed by atoms with E-state index in [1.165, 1.54) is 16.5 Å². The van der Waals surface area contributed by atoms with Gasteiger partial charge >= 0.3 is 0 Å². The molecule has 3 heterocycles. The highest BCUT2D eigenvalue weighted by molar-refractivity contribution is 6.28. The number of hydrogen-bond acceptors (Lipinski definition) is 8. The lowest BCUT2D eigenvalue weighted by atomic mass is 10.1. The van der Waals surface area contributed by atoms with Crippen molar-refractivity contribution in [3.63, 3.8) is 0 Å². The van der Waals surface area contributed by atoms with Crippen LogP contribution in [-0.2, 0) is 11.3 Å². The molecule has 3 aromatic rings. The van der Waals surface area contributed by atoms with E-state index in [0.29, 0.717) is 23.5 Å². The number of halogens is 1. The topological polar surface area (TPSA) is 126 Å². The highest BCUT2D eigenvalue weighted by atomic mass is 35.5. The van der Waals surface area contributed by atoms with Crippen LogP contribution in [0.3, 0.4) is 0 Å².